The molecule has 1 aliphatic carbocycles. The quantitative estimate of drug-likeness (QED) is 0.873. The highest BCUT2D eigenvalue weighted by molar-refractivity contribution is 5.67. The lowest BCUT2D eigenvalue weighted by Gasteiger charge is -2.21. The van der Waals surface area contributed by atoms with Gasteiger partial charge in [-0.25, -0.2) is 4.79 Å². The Morgan fingerprint density at radius 3 is 2.63 bits per heavy atom. The van der Waals surface area contributed by atoms with E-state index < -0.39 is 0 Å². The Morgan fingerprint density at radius 1 is 1.16 bits per heavy atom. The van der Waals surface area contributed by atoms with Crippen LogP contribution in [0.1, 0.15) is 44.1 Å². The molecule has 0 radical (unpaired) electrons. The molecule has 0 saturated heterocycles. The monoisotopic (exact) mass is 261 g/mol. The number of benzene rings is 1. The maximum absolute atomic E-state index is 11.5. The largest absolute Gasteiger partial charge is 0.445 e. The predicted molar refractivity (Wildman–Crippen MR) is 75.8 cm³/mol. The Bertz CT molecular complexity index is 372. The molecule has 0 aliphatic heterocycles. The van der Waals surface area contributed by atoms with Gasteiger partial charge in [0, 0.05) is 6.54 Å². The summed E-state index contributed by atoms with van der Waals surface area (Å²) in [6, 6.07) is 9.75. The Hall–Kier alpha value is -1.51. The van der Waals surface area contributed by atoms with Gasteiger partial charge in [0.05, 0.1) is 0 Å². The van der Waals surface area contributed by atoms with Crippen molar-refractivity contribution in [2.45, 2.75) is 45.1 Å². The summed E-state index contributed by atoms with van der Waals surface area (Å²) in [4.78, 5) is 11.5. The molecule has 0 bridgehead atoms. The molecular formula is C16H23NO2. The van der Waals surface area contributed by atoms with Gasteiger partial charge in [0.2, 0.25) is 0 Å². The van der Waals surface area contributed by atoms with Gasteiger partial charge in [-0.1, -0.05) is 62.4 Å². The fraction of sp³-hybridized carbons (Fsp3) is 0.562. The van der Waals surface area contributed by atoms with Crippen molar-refractivity contribution in [3.05, 3.63) is 35.9 Å². The van der Waals surface area contributed by atoms with Crippen LogP contribution >= 0.6 is 0 Å². The summed E-state index contributed by atoms with van der Waals surface area (Å²) in [7, 11) is 0. The van der Waals surface area contributed by atoms with Crippen molar-refractivity contribution in [3.63, 3.8) is 0 Å². The first-order valence-corrected chi connectivity index (χ1v) is 7.29. The molecule has 1 amide bonds. The van der Waals surface area contributed by atoms with Crippen LogP contribution < -0.4 is 5.32 Å². The molecule has 1 aromatic rings. The average Bonchev–Trinajstić information content (AvgIpc) is 2.47. The van der Waals surface area contributed by atoms with Gasteiger partial charge in [-0.15, -0.1) is 0 Å². The fourth-order valence-corrected chi connectivity index (χ4v) is 2.63. The Kier molecular flexibility index (Phi) is 5.73. The molecule has 1 aromatic carbocycles. The van der Waals surface area contributed by atoms with Gasteiger partial charge in [0.1, 0.15) is 6.61 Å². The van der Waals surface area contributed by atoms with Gasteiger partial charge < -0.3 is 10.1 Å². The molecular weight excluding hydrogens is 238 g/mol. The lowest BCUT2D eigenvalue weighted by Crippen LogP contribution is -2.27. The second-order valence-electron chi connectivity index (χ2n) is 5.28. The average molecular weight is 261 g/mol. The smallest absolute Gasteiger partial charge is 0.407 e. The number of carbonyl (C=O) groups is 1. The molecule has 3 heteroatoms. The van der Waals surface area contributed by atoms with Crippen molar-refractivity contribution >= 4 is 6.09 Å². The van der Waals surface area contributed by atoms with E-state index in [2.05, 4.69) is 5.32 Å². The molecule has 0 spiro atoms. The number of hydrogen-bond acceptors (Lipinski definition) is 2. The van der Waals surface area contributed by atoms with E-state index in [0.717, 1.165) is 24.4 Å². The maximum Gasteiger partial charge on any atom is 0.407 e. The highest BCUT2D eigenvalue weighted by Gasteiger charge is 2.13. The summed E-state index contributed by atoms with van der Waals surface area (Å²) in [5.74, 6) is 0.795. The minimum absolute atomic E-state index is 0.306. The van der Waals surface area contributed by atoms with Gasteiger partial charge in [0.25, 0.3) is 0 Å². The third-order valence-corrected chi connectivity index (χ3v) is 3.76. The molecule has 0 aromatic heterocycles. The summed E-state index contributed by atoms with van der Waals surface area (Å²) in [6.07, 6.45) is 7.50. The normalized spacial score (nSPS) is 16.0. The summed E-state index contributed by atoms with van der Waals surface area (Å²) in [6.45, 7) is 1.08. The zero-order chi connectivity index (χ0) is 13.3. The first kappa shape index (κ1) is 13.9. The highest BCUT2D eigenvalue weighted by Crippen LogP contribution is 2.25. The molecule has 104 valence electrons. The van der Waals surface area contributed by atoms with Gasteiger partial charge in [0.15, 0.2) is 0 Å². The van der Waals surface area contributed by atoms with Crippen molar-refractivity contribution < 1.29 is 9.53 Å². The van der Waals surface area contributed by atoms with Crippen LogP contribution in [0.4, 0.5) is 4.79 Å². The number of alkyl carbamates (subject to hydrolysis) is 1. The van der Waals surface area contributed by atoms with Crippen molar-refractivity contribution in [2.24, 2.45) is 5.92 Å². The molecule has 0 unspecified atom stereocenters. The van der Waals surface area contributed by atoms with Gasteiger partial charge >= 0.3 is 6.09 Å². The second kappa shape index (κ2) is 7.82. The molecule has 3 nitrogen and oxygen atoms in total. The topological polar surface area (TPSA) is 38.3 Å². The lowest BCUT2D eigenvalue weighted by atomic mass is 9.87. The number of carbonyl (C=O) groups excluding carboxylic acids is 1. The second-order valence-corrected chi connectivity index (χ2v) is 5.28. The number of hydrogen-bond donors (Lipinski definition) is 1. The van der Waals surface area contributed by atoms with E-state index >= 15 is 0 Å². The first-order valence-electron chi connectivity index (χ1n) is 7.29. The van der Waals surface area contributed by atoms with Crippen molar-refractivity contribution in [1.29, 1.82) is 0 Å². The predicted octanol–water partition coefficient (Wildman–Crippen LogP) is 3.88. The van der Waals surface area contributed by atoms with Crippen LogP contribution in [-0.2, 0) is 11.3 Å². The van der Waals surface area contributed by atoms with Crippen LogP contribution in [0.5, 0.6) is 0 Å². The lowest BCUT2D eigenvalue weighted by molar-refractivity contribution is 0.138. The minimum atomic E-state index is -0.306. The molecule has 1 fully saturated rings. The summed E-state index contributed by atoms with van der Waals surface area (Å²) >= 11 is 0. The van der Waals surface area contributed by atoms with E-state index in [1.165, 1.54) is 32.1 Å². The van der Waals surface area contributed by atoms with Crippen molar-refractivity contribution in [2.75, 3.05) is 6.54 Å². The third-order valence-electron chi connectivity index (χ3n) is 3.76. The number of amides is 1. The minimum Gasteiger partial charge on any atom is -0.445 e. The number of rotatable bonds is 5. The van der Waals surface area contributed by atoms with E-state index in [4.69, 9.17) is 4.74 Å². The van der Waals surface area contributed by atoms with Gasteiger partial charge in [-0.3, -0.25) is 0 Å². The molecule has 1 aliphatic rings. The van der Waals surface area contributed by atoms with Gasteiger partial charge in [-0.2, -0.15) is 0 Å². The maximum atomic E-state index is 11.5. The standard InChI is InChI=1S/C16H23NO2/c18-16(19-13-15-9-5-2-6-10-15)17-12-11-14-7-3-1-4-8-14/h2,5-6,9-10,14H,1,3-4,7-8,11-13H2,(H,17,18). The molecule has 2 rings (SSSR count). The molecule has 19 heavy (non-hydrogen) atoms. The molecule has 1 saturated carbocycles. The molecule has 1 N–H and O–H groups in total. The van der Waals surface area contributed by atoms with Crippen LogP contribution in [0.2, 0.25) is 0 Å². The summed E-state index contributed by atoms with van der Waals surface area (Å²) in [5.41, 5.74) is 1.02. The third kappa shape index (κ3) is 5.33. The number of ether oxygens (including phenoxy) is 1. The van der Waals surface area contributed by atoms with Crippen LogP contribution in [0, 0.1) is 5.92 Å². The Labute approximate surface area is 115 Å². The zero-order valence-corrected chi connectivity index (χ0v) is 11.4. The summed E-state index contributed by atoms with van der Waals surface area (Å²) < 4.78 is 5.17. The van der Waals surface area contributed by atoms with E-state index in [1.54, 1.807) is 0 Å². The van der Waals surface area contributed by atoms with Crippen molar-refractivity contribution in [3.8, 4) is 0 Å². The fourth-order valence-electron chi connectivity index (χ4n) is 2.63. The number of nitrogens with one attached hydrogen (secondary N) is 1. The van der Waals surface area contributed by atoms with E-state index in [1.807, 2.05) is 30.3 Å². The van der Waals surface area contributed by atoms with Crippen LogP contribution in [0.15, 0.2) is 30.3 Å². The highest BCUT2D eigenvalue weighted by atomic mass is 16.5. The summed E-state index contributed by atoms with van der Waals surface area (Å²) in [5, 5.41) is 2.84. The Morgan fingerprint density at radius 2 is 1.89 bits per heavy atom. The van der Waals surface area contributed by atoms with Crippen LogP contribution in [0.25, 0.3) is 0 Å². The van der Waals surface area contributed by atoms with Crippen LogP contribution in [0.3, 0.4) is 0 Å². The molecule has 0 atom stereocenters. The SMILES string of the molecule is O=C(NCCC1CCCCC1)OCc1ccccc1. The van der Waals surface area contributed by atoms with E-state index in [-0.39, 0.29) is 6.09 Å². The van der Waals surface area contributed by atoms with Gasteiger partial charge in [-0.05, 0) is 17.9 Å². The molecule has 0 heterocycles. The zero-order valence-electron chi connectivity index (χ0n) is 11.4. The Balaban J connectivity index is 1.57. The van der Waals surface area contributed by atoms with E-state index in [0.29, 0.717) is 6.61 Å². The van der Waals surface area contributed by atoms with Crippen LogP contribution in [-0.4, -0.2) is 12.6 Å². The van der Waals surface area contributed by atoms with E-state index in [9.17, 15) is 4.79 Å². The van der Waals surface area contributed by atoms with Crippen molar-refractivity contribution in [1.82, 2.24) is 5.32 Å². The first-order chi connectivity index (χ1) is 9.34.